The lowest BCUT2D eigenvalue weighted by atomic mass is 9.93. The van der Waals surface area contributed by atoms with Crippen molar-refractivity contribution in [3.05, 3.63) is 38.9 Å². The Morgan fingerprint density at radius 1 is 1.38 bits per heavy atom. The summed E-state index contributed by atoms with van der Waals surface area (Å²) in [7, 11) is 1.64. The Bertz CT molecular complexity index is 565. The van der Waals surface area contributed by atoms with E-state index in [-0.39, 0.29) is 22.7 Å². The number of carbonyl (C=O) groups excluding carboxylic acids is 1. The normalized spacial score (nSPS) is 21.9. The first-order chi connectivity index (χ1) is 9.91. The van der Waals surface area contributed by atoms with Crippen molar-refractivity contribution >= 4 is 34.8 Å². The van der Waals surface area contributed by atoms with E-state index < -0.39 is 10.8 Å². The number of nitrogens with zero attached hydrogens (tertiary/aromatic N) is 2. The molecule has 0 N–H and O–H groups in total. The predicted molar refractivity (Wildman–Crippen MR) is 82.1 cm³/mol. The van der Waals surface area contributed by atoms with Gasteiger partial charge in [0, 0.05) is 24.2 Å². The first-order valence-corrected chi connectivity index (χ1v) is 7.58. The van der Waals surface area contributed by atoms with Crippen molar-refractivity contribution < 1.29 is 9.72 Å². The van der Waals surface area contributed by atoms with Gasteiger partial charge in [-0.05, 0) is 25.0 Å². The molecule has 0 spiro atoms. The molecule has 0 aromatic heterocycles. The average molecular weight is 331 g/mol. The van der Waals surface area contributed by atoms with Crippen LogP contribution in [0.2, 0.25) is 5.02 Å². The lowest BCUT2D eigenvalue weighted by Crippen LogP contribution is -2.44. The molecule has 1 fully saturated rings. The van der Waals surface area contributed by atoms with Crippen molar-refractivity contribution in [2.45, 2.75) is 37.1 Å². The second-order valence-corrected chi connectivity index (χ2v) is 6.20. The third-order valence-electron chi connectivity index (χ3n) is 3.85. The van der Waals surface area contributed by atoms with Crippen molar-refractivity contribution in [3.8, 4) is 0 Å². The van der Waals surface area contributed by atoms with E-state index in [2.05, 4.69) is 0 Å². The van der Waals surface area contributed by atoms with Crippen LogP contribution in [0.5, 0.6) is 0 Å². The van der Waals surface area contributed by atoms with Crippen LogP contribution in [0.4, 0.5) is 5.69 Å². The molecule has 21 heavy (non-hydrogen) atoms. The Labute approximate surface area is 133 Å². The summed E-state index contributed by atoms with van der Waals surface area (Å²) in [6.07, 6.45) is 3.71. The fraction of sp³-hybridized carbons (Fsp3) is 0.500. The predicted octanol–water partition coefficient (Wildman–Crippen LogP) is 3.87. The number of halogens is 2. The summed E-state index contributed by atoms with van der Waals surface area (Å²) in [5, 5.41) is 11.2. The van der Waals surface area contributed by atoms with Crippen LogP contribution >= 0.6 is 23.2 Å². The van der Waals surface area contributed by atoms with Gasteiger partial charge in [0.25, 0.3) is 11.6 Å². The number of rotatable bonds is 3. The van der Waals surface area contributed by atoms with E-state index in [1.807, 2.05) is 0 Å². The molecule has 1 aromatic rings. The molecule has 0 saturated heterocycles. The topological polar surface area (TPSA) is 63.5 Å². The van der Waals surface area contributed by atoms with Gasteiger partial charge in [-0.1, -0.05) is 24.4 Å². The van der Waals surface area contributed by atoms with Crippen LogP contribution in [0.3, 0.4) is 0 Å². The summed E-state index contributed by atoms with van der Waals surface area (Å²) in [6.45, 7) is 0. The molecule has 2 rings (SSSR count). The third-order valence-corrected chi connectivity index (χ3v) is 4.59. The van der Waals surface area contributed by atoms with Gasteiger partial charge in [-0.25, -0.2) is 0 Å². The van der Waals surface area contributed by atoms with Gasteiger partial charge in [0.15, 0.2) is 0 Å². The van der Waals surface area contributed by atoms with Gasteiger partial charge < -0.3 is 4.90 Å². The summed E-state index contributed by atoms with van der Waals surface area (Å²) in [6, 6.07) is 3.89. The van der Waals surface area contributed by atoms with Gasteiger partial charge in [0.1, 0.15) is 5.56 Å². The molecule has 7 heteroatoms. The molecule has 1 saturated carbocycles. The second-order valence-electron chi connectivity index (χ2n) is 5.20. The number of alkyl halides is 1. The van der Waals surface area contributed by atoms with Crippen LogP contribution in [-0.4, -0.2) is 34.2 Å². The average Bonchev–Trinajstić information content (AvgIpc) is 2.45. The Hall–Kier alpha value is -1.33. The van der Waals surface area contributed by atoms with Crippen LogP contribution in [0.25, 0.3) is 0 Å². The highest BCUT2D eigenvalue weighted by atomic mass is 35.5. The standard InChI is InChI=1S/C14H16Cl2N2O3/c1-17(13-5-3-2-4-11(13)16)14(19)10-8-9(15)6-7-12(10)18(20)21/h6-8,11,13H,2-5H2,1H3. The first-order valence-electron chi connectivity index (χ1n) is 6.77. The van der Waals surface area contributed by atoms with Crippen LogP contribution in [0.15, 0.2) is 18.2 Å². The van der Waals surface area contributed by atoms with E-state index in [9.17, 15) is 14.9 Å². The van der Waals surface area contributed by atoms with E-state index in [1.165, 1.54) is 23.1 Å². The molecule has 2 atom stereocenters. The number of nitro groups is 1. The second kappa shape index (κ2) is 6.62. The highest BCUT2D eigenvalue weighted by molar-refractivity contribution is 6.31. The molecular weight excluding hydrogens is 315 g/mol. The van der Waals surface area contributed by atoms with E-state index in [0.717, 1.165) is 25.7 Å². The summed E-state index contributed by atoms with van der Waals surface area (Å²) in [4.78, 5) is 24.6. The van der Waals surface area contributed by atoms with Crippen molar-refractivity contribution in [2.75, 3.05) is 7.05 Å². The van der Waals surface area contributed by atoms with Gasteiger partial charge in [-0.15, -0.1) is 11.6 Å². The fourth-order valence-electron chi connectivity index (χ4n) is 2.68. The molecule has 1 aliphatic rings. The SMILES string of the molecule is CN(C(=O)c1cc(Cl)ccc1[N+](=O)[O-])C1CCCCC1Cl. The molecule has 0 aliphatic heterocycles. The van der Waals surface area contributed by atoms with Crippen molar-refractivity contribution in [2.24, 2.45) is 0 Å². The number of benzene rings is 1. The molecule has 0 bridgehead atoms. The minimum atomic E-state index is -0.573. The van der Waals surface area contributed by atoms with E-state index in [0.29, 0.717) is 5.02 Å². The zero-order valence-electron chi connectivity index (χ0n) is 11.6. The van der Waals surface area contributed by atoms with Gasteiger partial charge in [-0.3, -0.25) is 14.9 Å². The molecule has 1 aromatic carbocycles. The maximum Gasteiger partial charge on any atom is 0.282 e. The van der Waals surface area contributed by atoms with Crippen LogP contribution < -0.4 is 0 Å². The largest absolute Gasteiger partial charge is 0.337 e. The van der Waals surface area contributed by atoms with Crippen LogP contribution in [-0.2, 0) is 0 Å². The monoisotopic (exact) mass is 330 g/mol. The van der Waals surface area contributed by atoms with Crippen molar-refractivity contribution in [1.29, 1.82) is 0 Å². The third kappa shape index (κ3) is 3.47. The fourth-order valence-corrected chi connectivity index (χ4v) is 3.30. The summed E-state index contributed by atoms with van der Waals surface area (Å²) >= 11 is 12.2. The summed E-state index contributed by atoms with van der Waals surface area (Å²) < 4.78 is 0. The molecule has 114 valence electrons. The van der Waals surface area contributed by atoms with Crippen LogP contribution in [0.1, 0.15) is 36.0 Å². The minimum absolute atomic E-state index is 0.00411. The zero-order valence-corrected chi connectivity index (χ0v) is 13.1. The zero-order chi connectivity index (χ0) is 15.6. The molecule has 2 unspecified atom stereocenters. The maximum atomic E-state index is 12.6. The Balaban J connectivity index is 2.30. The molecule has 5 nitrogen and oxygen atoms in total. The first kappa shape index (κ1) is 16.0. The molecular formula is C14H16Cl2N2O3. The molecule has 0 heterocycles. The van der Waals surface area contributed by atoms with Crippen molar-refractivity contribution in [1.82, 2.24) is 4.90 Å². The molecule has 0 radical (unpaired) electrons. The van der Waals surface area contributed by atoms with E-state index in [1.54, 1.807) is 7.05 Å². The molecule has 1 amide bonds. The highest BCUT2D eigenvalue weighted by Gasteiger charge is 2.32. The Kier molecular flexibility index (Phi) is 5.06. The quantitative estimate of drug-likeness (QED) is 0.480. The smallest absolute Gasteiger partial charge is 0.282 e. The van der Waals surface area contributed by atoms with Crippen molar-refractivity contribution in [3.63, 3.8) is 0 Å². The van der Waals surface area contributed by atoms with Gasteiger partial charge in [0.2, 0.25) is 0 Å². The summed E-state index contributed by atoms with van der Waals surface area (Å²) in [5.41, 5.74) is -0.234. The lowest BCUT2D eigenvalue weighted by Gasteiger charge is -2.34. The van der Waals surface area contributed by atoms with Gasteiger partial charge in [-0.2, -0.15) is 0 Å². The number of carbonyl (C=O) groups is 1. The van der Waals surface area contributed by atoms with Crippen LogP contribution in [0, 0.1) is 10.1 Å². The highest BCUT2D eigenvalue weighted by Crippen LogP contribution is 2.30. The lowest BCUT2D eigenvalue weighted by molar-refractivity contribution is -0.385. The number of amides is 1. The van der Waals surface area contributed by atoms with Gasteiger partial charge >= 0.3 is 0 Å². The van der Waals surface area contributed by atoms with Gasteiger partial charge in [0.05, 0.1) is 10.3 Å². The summed E-state index contributed by atoms with van der Waals surface area (Å²) in [5.74, 6) is -0.415. The maximum absolute atomic E-state index is 12.6. The number of hydrogen-bond donors (Lipinski definition) is 0. The Morgan fingerprint density at radius 3 is 2.67 bits per heavy atom. The van der Waals surface area contributed by atoms with E-state index >= 15 is 0 Å². The molecule has 1 aliphatic carbocycles. The minimum Gasteiger partial charge on any atom is -0.337 e. The Morgan fingerprint density at radius 2 is 2.05 bits per heavy atom. The number of nitro benzene ring substituents is 1. The van der Waals surface area contributed by atoms with E-state index in [4.69, 9.17) is 23.2 Å². The number of hydrogen-bond acceptors (Lipinski definition) is 3.